The summed E-state index contributed by atoms with van der Waals surface area (Å²) in [5, 5.41) is 3.92. The van der Waals surface area contributed by atoms with Gasteiger partial charge in [-0.05, 0) is 68.7 Å². The fourth-order valence-electron chi connectivity index (χ4n) is 2.35. The Morgan fingerprint density at radius 1 is 1.41 bits per heavy atom. The number of hydrogen-bond acceptors (Lipinski definition) is 3. The van der Waals surface area contributed by atoms with Gasteiger partial charge < -0.3 is 14.6 Å². The molecule has 1 saturated heterocycles. The molecule has 4 heteroatoms. The molecule has 0 bridgehead atoms. The molecule has 0 unspecified atom stereocenters. The van der Waals surface area contributed by atoms with Crippen LogP contribution in [-0.4, -0.2) is 31.1 Å². The molecule has 0 radical (unpaired) electrons. The normalized spacial score (nSPS) is 18.7. The Hall–Kier alpha value is -0.510. The van der Waals surface area contributed by atoms with Crippen LogP contribution in [0.2, 0.25) is 5.22 Å². The van der Waals surface area contributed by atoms with Crippen LogP contribution in [0.4, 0.5) is 0 Å². The molecule has 0 spiro atoms. The third-order valence-electron chi connectivity index (χ3n) is 3.52. The molecule has 1 aromatic rings. The van der Waals surface area contributed by atoms with Crippen molar-refractivity contribution in [3.05, 3.63) is 23.1 Å². The third-order valence-corrected chi connectivity index (χ3v) is 3.72. The van der Waals surface area contributed by atoms with Gasteiger partial charge in [0.15, 0.2) is 5.22 Å². The quantitative estimate of drug-likeness (QED) is 0.878. The van der Waals surface area contributed by atoms with Crippen molar-refractivity contribution in [3.63, 3.8) is 0 Å². The van der Waals surface area contributed by atoms with E-state index in [2.05, 4.69) is 17.1 Å². The second kappa shape index (κ2) is 6.43. The number of piperidine rings is 1. The molecule has 2 rings (SSSR count). The SMILES string of the molecule is CCN1CCC(CNCc2ccc(Cl)o2)CC1. The molecular formula is C13H21ClN2O. The Balaban J connectivity index is 1.63. The second-order valence-corrected chi connectivity index (χ2v) is 5.09. The summed E-state index contributed by atoms with van der Waals surface area (Å²) in [6.45, 7) is 7.77. The van der Waals surface area contributed by atoms with Gasteiger partial charge in [-0.3, -0.25) is 0 Å². The summed E-state index contributed by atoms with van der Waals surface area (Å²) >= 11 is 5.72. The van der Waals surface area contributed by atoms with Crippen LogP contribution in [0.3, 0.4) is 0 Å². The zero-order valence-corrected chi connectivity index (χ0v) is 11.2. The van der Waals surface area contributed by atoms with Gasteiger partial charge in [0.25, 0.3) is 0 Å². The van der Waals surface area contributed by atoms with Crippen molar-refractivity contribution < 1.29 is 4.42 Å². The number of furan rings is 1. The summed E-state index contributed by atoms with van der Waals surface area (Å²) in [4.78, 5) is 2.52. The summed E-state index contributed by atoms with van der Waals surface area (Å²) in [6, 6.07) is 3.72. The summed E-state index contributed by atoms with van der Waals surface area (Å²) in [5.41, 5.74) is 0. The van der Waals surface area contributed by atoms with Crippen molar-refractivity contribution in [2.24, 2.45) is 5.92 Å². The maximum Gasteiger partial charge on any atom is 0.193 e. The van der Waals surface area contributed by atoms with Crippen molar-refractivity contribution in [3.8, 4) is 0 Å². The fraction of sp³-hybridized carbons (Fsp3) is 0.692. The molecule has 0 saturated carbocycles. The Bertz CT molecular complexity index is 332. The molecule has 0 atom stereocenters. The lowest BCUT2D eigenvalue weighted by Gasteiger charge is -2.31. The molecule has 1 N–H and O–H groups in total. The predicted octanol–water partition coefficient (Wildman–Crippen LogP) is 2.75. The highest BCUT2D eigenvalue weighted by molar-refractivity contribution is 6.28. The number of likely N-dealkylation sites (tertiary alicyclic amines) is 1. The van der Waals surface area contributed by atoms with Gasteiger partial charge in [-0.2, -0.15) is 0 Å². The first-order chi connectivity index (χ1) is 8.28. The van der Waals surface area contributed by atoms with Crippen LogP contribution in [0.1, 0.15) is 25.5 Å². The van der Waals surface area contributed by atoms with Crippen LogP contribution in [0.5, 0.6) is 0 Å². The zero-order chi connectivity index (χ0) is 12.1. The highest BCUT2D eigenvalue weighted by Gasteiger charge is 2.17. The molecule has 96 valence electrons. The smallest absolute Gasteiger partial charge is 0.193 e. The minimum atomic E-state index is 0.470. The van der Waals surface area contributed by atoms with Gasteiger partial charge in [0, 0.05) is 0 Å². The van der Waals surface area contributed by atoms with E-state index in [9.17, 15) is 0 Å². The van der Waals surface area contributed by atoms with Crippen LogP contribution in [0.15, 0.2) is 16.5 Å². The maximum atomic E-state index is 5.72. The van der Waals surface area contributed by atoms with Crippen LogP contribution in [0, 0.1) is 5.92 Å². The Morgan fingerprint density at radius 3 is 2.76 bits per heavy atom. The van der Waals surface area contributed by atoms with Gasteiger partial charge in [-0.25, -0.2) is 0 Å². The van der Waals surface area contributed by atoms with Crippen LogP contribution in [-0.2, 0) is 6.54 Å². The number of nitrogens with zero attached hydrogens (tertiary/aromatic N) is 1. The third kappa shape index (κ3) is 4.02. The molecular weight excluding hydrogens is 236 g/mol. The van der Waals surface area contributed by atoms with E-state index in [0.29, 0.717) is 5.22 Å². The Labute approximate surface area is 108 Å². The molecule has 1 aromatic heterocycles. The lowest BCUT2D eigenvalue weighted by Crippen LogP contribution is -2.36. The van der Waals surface area contributed by atoms with E-state index in [-0.39, 0.29) is 0 Å². The van der Waals surface area contributed by atoms with Crippen LogP contribution in [0.25, 0.3) is 0 Å². The summed E-state index contributed by atoms with van der Waals surface area (Å²) in [7, 11) is 0. The number of hydrogen-bond donors (Lipinski definition) is 1. The minimum absolute atomic E-state index is 0.470. The molecule has 2 heterocycles. The first-order valence-electron chi connectivity index (χ1n) is 6.45. The topological polar surface area (TPSA) is 28.4 Å². The van der Waals surface area contributed by atoms with Gasteiger partial charge in [0.2, 0.25) is 0 Å². The van der Waals surface area contributed by atoms with E-state index < -0.39 is 0 Å². The molecule has 0 aromatic carbocycles. The van der Waals surface area contributed by atoms with Gasteiger partial charge in [0.05, 0.1) is 6.54 Å². The van der Waals surface area contributed by atoms with Crippen molar-refractivity contribution in [1.82, 2.24) is 10.2 Å². The summed E-state index contributed by atoms with van der Waals surface area (Å²) < 4.78 is 5.30. The molecule has 1 aliphatic heterocycles. The van der Waals surface area contributed by atoms with E-state index in [1.807, 2.05) is 6.07 Å². The fourth-order valence-corrected chi connectivity index (χ4v) is 2.52. The van der Waals surface area contributed by atoms with E-state index in [4.69, 9.17) is 16.0 Å². The average Bonchev–Trinajstić information content (AvgIpc) is 2.76. The Morgan fingerprint density at radius 2 is 2.18 bits per heavy atom. The number of halogens is 1. The van der Waals surface area contributed by atoms with Crippen molar-refractivity contribution in [2.45, 2.75) is 26.3 Å². The van der Waals surface area contributed by atoms with Gasteiger partial charge >= 0.3 is 0 Å². The van der Waals surface area contributed by atoms with Gasteiger partial charge in [0.1, 0.15) is 5.76 Å². The highest BCUT2D eigenvalue weighted by Crippen LogP contribution is 2.16. The average molecular weight is 257 g/mol. The van der Waals surface area contributed by atoms with E-state index in [1.54, 1.807) is 6.07 Å². The van der Waals surface area contributed by atoms with E-state index in [0.717, 1.165) is 24.8 Å². The first-order valence-corrected chi connectivity index (χ1v) is 6.83. The minimum Gasteiger partial charge on any atom is -0.448 e. The monoisotopic (exact) mass is 256 g/mol. The van der Waals surface area contributed by atoms with Crippen LogP contribution < -0.4 is 5.32 Å². The molecule has 0 aliphatic carbocycles. The molecule has 0 amide bonds. The molecule has 3 nitrogen and oxygen atoms in total. The molecule has 17 heavy (non-hydrogen) atoms. The summed E-state index contributed by atoms with van der Waals surface area (Å²) in [6.07, 6.45) is 2.61. The first kappa shape index (κ1) is 12.9. The lowest BCUT2D eigenvalue weighted by molar-refractivity contribution is 0.189. The maximum absolute atomic E-state index is 5.72. The number of rotatable bonds is 5. The van der Waals surface area contributed by atoms with E-state index in [1.165, 1.54) is 32.5 Å². The largest absolute Gasteiger partial charge is 0.448 e. The standard InChI is InChI=1S/C13H21ClN2O/c1-2-16-7-5-11(6-8-16)9-15-10-12-3-4-13(14)17-12/h3-4,11,15H,2,5-10H2,1H3. The zero-order valence-electron chi connectivity index (χ0n) is 10.4. The molecule has 1 fully saturated rings. The van der Waals surface area contributed by atoms with E-state index >= 15 is 0 Å². The number of nitrogens with one attached hydrogen (secondary N) is 1. The summed E-state index contributed by atoms with van der Waals surface area (Å²) in [5.74, 6) is 1.73. The van der Waals surface area contributed by atoms with Gasteiger partial charge in [-0.15, -0.1) is 0 Å². The Kier molecular flexibility index (Phi) is 4.89. The van der Waals surface area contributed by atoms with Crippen molar-refractivity contribution in [1.29, 1.82) is 0 Å². The van der Waals surface area contributed by atoms with Crippen LogP contribution >= 0.6 is 11.6 Å². The van der Waals surface area contributed by atoms with Crippen molar-refractivity contribution in [2.75, 3.05) is 26.2 Å². The second-order valence-electron chi connectivity index (χ2n) is 4.71. The van der Waals surface area contributed by atoms with Gasteiger partial charge in [-0.1, -0.05) is 6.92 Å². The van der Waals surface area contributed by atoms with Crippen molar-refractivity contribution >= 4 is 11.6 Å². The highest BCUT2D eigenvalue weighted by atomic mass is 35.5. The lowest BCUT2D eigenvalue weighted by atomic mass is 9.97. The predicted molar refractivity (Wildman–Crippen MR) is 70.3 cm³/mol. The molecule has 1 aliphatic rings.